The summed E-state index contributed by atoms with van der Waals surface area (Å²) in [6, 6.07) is 3.70. The minimum absolute atomic E-state index is 0.0678. The lowest BCUT2D eigenvalue weighted by Crippen LogP contribution is -2.06. The standard InChI is InChI=1S/C12H12BrClN2OS/c1-3-7-12(14)8(16(2)15-7)6-9(17)10-4-5-11(13)18-10/h4-5H,3,6H2,1-2H3. The first-order valence-corrected chi connectivity index (χ1v) is 7.50. The van der Waals surface area contributed by atoms with Crippen LogP contribution in [0.5, 0.6) is 0 Å². The second-order valence-corrected chi connectivity index (χ2v) is 6.73. The smallest absolute Gasteiger partial charge is 0.178 e. The van der Waals surface area contributed by atoms with Gasteiger partial charge in [0.15, 0.2) is 5.78 Å². The maximum Gasteiger partial charge on any atom is 0.178 e. The van der Waals surface area contributed by atoms with Gasteiger partial charge in [0.2, 0.25) is 0 Å². The van der Waals surface area contributed by atoms with E-state index in [0.29, 0.717) is 5.02 Å². The fourth-order valence-electron chi connectivity index (χ4n) is 1.72. The Morgan fingerprint density at radius 3 is 2.78 bits per heavy atom. The summed E-state index contributed by atoms with van der Waals surface area (Å²) in [6.45, 7) is 2.00. The van der Waals surface area contributed by atoms with Crippen LogP contribution in [0.1, 0.15) is 28.0 Å². The fourth-order valence-corrected chi connectivity index (χ4v) is 3.40. The van der Waals surface area contributed by atoms with Crippen LogP contribution in [-0.2, 0) is 19.9 Å². The summed E-state index contributed by atoms with van der Waals surface area (Å²) in [5.74, 6) is 0.0678. The minimum Gasteiger partial charge on any atom is -0.293 e. The van der Waals surface area contributed by atoms with E-state index >= 15 is 0 Å². The molecule has 0 fully saturated rings. The molecule has 3 nitrogen and oxygen atoms in total. The Balaban J connectivity index is 2.24. The topological polar surface area (TPSA) is 34.9 Å². The number of halogens is 2. The third-order valence-electron chi connectivity index (χ3n) is 2.68. The van der Waals surface area contributed by atoms with Crippen LogP contribution in [0, 0.1) is 0 Å². The largest absolute Gasteiger partial charge is 0.293 e. The van der Waals surface area contributed by atoms with E-state index in [0.717, 1.165) is 26.5 Å². The van der Waals surface area contributed by atoms with E-state index < -0.39 is 0 Å². The van der Waals surface area contributed by atoms with Crippen LogP contribution in [0.4, 0.5) is 0 Å². The first-order valence-electron chi connectivity index (χ1n) is 5.51. The summed E-state index contributed by atoms with van der Waals surface area (Å²) in [6.07, 6.45) is 1.06. The molecular formula is C12H12BrClN2OS. The predicted octanol–water partition coefficient (Wildman–Crippen LogP) is 3.89. The first kappa shape index (κ1) is 13.8. The monoisotopic (exact) mass is 346 g/mol. The van der Waals surface area contributed by atoms with Crippen LogP contribution in [0.2, 0.25) is 5.02 Å². The van der Waals surface area contributed by atoms with Gasteiger partial charge in [-0.05, 0) is 34.5 Å². The van der Waals surface area contributed by atoms with Gasteiger partial charge in [0.1, 0.15) is 0 Å². The van der Waals surface area contributed by atoms with Crippen LogP contribution in [0.15, 0.2) is 15.9 Å². The lowest BCUT2D eigenvalue weighted by Gasteiger charge is -2.00. The van der Waals surface area contributed by atoms with E-state index in [4.69, 9.17) is 11.6 Å². The van der Waals surface area contributed by atoms with E-state index in [1.807, 2.05) is 26.1 Å². The average molecular weight is 348 g/mol. The van der Waals surface area contributed by atoms with Gasteiger partial charge in [0.25, 0.3) is 0 Å². The minimum atomic E-state index is 0.0678. The molecule has 0 N–H and O–H groups in total. The molecule has 0 aliphatic heterocycles. The van der Waals surface area contributed by atoms with Crippen molar-refractivity contribution in [1.82, 2.24) is 9.78 Å². The van der Waals surface area contributed by atoms with Gasteiger partial charge in [-0.3, -0.25) is 9.48 Å². The van der Waals surface area contributed by atoms with Crippen molar-refractivity contribution in [3.05, 3.63) is 37.2 Å². The number of ketones is 1. The maximum absolute atomic E-state index is 12.1. The van der Waals surface area contributed by atoms with Crippen LogP contribution in [0.3, 0.4) is 0 Å². The number of thiophene rings is 1. The van der Waals surface area contributed by atoms with Gasteiger partial charge in [0, 0.05) is 7.05 Å². The van der Waals surface area contributed by atoms with Crippen LogP contribution < -0.4 is 0 Å². The van der Waals surface area contributed by atoms with Gasteiger partial charge in [0.05, 0.1) is 31.5 Å². The molecule has 0 amide bonds. The number of carbonyl (C=O) groups is 1. The van der Waals surface area contributed by atoms with Crippen LogP contribution in [-0.4, -0.2) is 15.6 Å². The molecule has 2 aromatic heterocycles. The number of carbonyl (C=O) groups excluding carboxylic acids is 1. The van der Waals surface area contributed by atoms with Gasteiger partial charge in [-0.25, -0.2) is 0 Å². The van der Waals surface area contributed by atoms with Gasteiger partial charge in [-0.2, -0.15) is 5.10 Å². The maximum atomic E-state index is 12.1. The average Bonchev–Trinajstić information content (AvgIpc) is 2.87. The van der Waals surface area contributed by atoms with E-state index in [1.54, 1.807) is 4.68 Å². The van der Waals surface area contributed by atoms with Crippen molar-refractivity contribution in [2.75, 3.05) is 0 Å². The molecule has 0 atom stereocenters. The van der Waals surface area contributed by atoms with Crippen LogP contribution in [0.25, 0.3) is 0 Å². The number of rotatable bonds is 4. The number of nitrogens with zero attached hydrogens (tertiary/aromatic N) is 2. The highest BCUT2D eigenvalue weighted by Gasteiger charge is 2.18. The molecule has 0 saturated carbocycles. The third-order valence-corrected chi connectivity index (χ3v) is 4.78. The van der Waals surface area contributed by atoms with Crippen molar-refractivity contribution in [3.8, 4) is 0 Å². The van der Waals surface area contributed by atoms with Crippen molar-refractivity contribution < 1.29 is 4.79 Å². The zero-order valence-electron chi connectivity index (χ0n) is 10.0. The van der Waals surface area contributed by atoms with Gasteiger partial charge in [-0.1, -0.05) is 18.5 Å². The highest BCUT2D eigenvalue weighted by molar-refractivity contribution is 9.11. The Bertz CT molecular complexity index is 591. The molecule has 2 heterocycles. The van der Waals surface area contributed by atoms with Gasteiger partial charge < -0.3 is 0 Å². The van der Waals surface area contributed by atoms with Gasteiger partial charge in [-0.15, -0.1) is 11.3 Å². The highest BCUT2D eigenvalue weighted by atomic mass is 79.9. The second kappa shape index (κ2) is 5.55. The van der Waals surface area contributed by atoms with Gasteiger partial charge >= 0.3 is 0 Å². The second-order valence-electron chi connectivity index (χ2n) is 3.89. The number of hydrogen-bond acceptors (Lipinski definition) is 3. The molecule has 0 unspecified atom stereocenters. The van der Waals surface area contributed by atoms with E-state index in [-0.39, 0.29) is 12.2 Å². The quantitative estimate of drug-likeness (QED) is 0.787. The number of aryl methyl sites for hydroxylation is 2. The third kappa shape index (κ3) is 2.68. The number of Topliss-reactive ketones (excluding diaryl/α,β-unsaturated/α-hetero) is 1. The van der Waals surface area contributed by atoms with E-state index in [2.05, 4.69) is 21.0 Å². The lowest BCUT2D eigenvalue weighted by molar-refractivity contribution is 0.0994. The Labute approximate surface area is 123 Å². The Morgan fingerprint density at radius 2 is 2.28 bits per heavy atom. The first-order chi connectivity index (χ1) is 8.52. The summed E-state index contributed by atoms with van der Waals surface area (Å²) in [5, 5.41) is 4.92. The summed E-state index contributed by atoms with van der Waals surface area (Å²) in [5.41, 5.74) is 1.62. The molecule has 6 heteroatoms. The zero-order valence-corrected chi connectivity index (χ0v) is 13.2. The molecule has 96 valence electrons. The fraction of sp³-hybridized carbons (Fsp3) is 0.333. The zero-order chi connectivity index (χ0) is 13.3. The predicted molar refractivity (Wildman–Crippen MR) is 77.6 cm³/mol. The SMILES string of the molecule is CCc1nn(C)c(CC(=O)c2ccc(Br)s2)c1Cl. The molecule has 0 bridgehead atoms. The van der Waals surface area contributed by atoms with E-state index in [1.165, 1.54) is 11.3 Å². The Kier molecular flexibility index (Phi) is 4.25. The summed E-state index contributed by atoms with van der Waals surface area (Å²) >= 11 is 11.0. The molecule has 0 saturated heterocycles. The molecule has 0 aromatic carbocycles. The molecule has 0 aliphatic carbocycles. The van der Waals surface area contributed by atoms with Crippen molar-refractivity contribution in [2.24, 2.45) is 7.05 Å². The molecule has 2 rings (SSSR count). The number of hydrogen-bond donors (Lipinski definition) is 0. The Morgan fingerprint density at radius 1 is 1.56 bits per heavy atom. The molecule has 2 aromatic rings. The number of aromatic nitrogens is 2. The highest BCUT2D eigenvalue weighted by Crippen LogP contribution is 2.26. The van der Waals surface area contributed by atoms with E-state index in [9.17, 15) is 4.79 Å². The van der Waals surface area contributed by atoms with Crippen molar-refractivity contribution >= 4 is 44.7 Å². The van der Waals surface area contributed by atoms with Crippen molar-refractivity contribution in [3.63, 3.8) is 0 Å². The van der Waals surface area contributed by atoms with Crippen molar-refractivity contribution in [1.29, 1.82) is 0 Å². The van der Waals surface area contributed by atoms with Crippen molar-refractivity contribution in [2.45, 2.75) is 19.8 Å². The Hall–Kier alpha value is -0.650. The lowest BCUT2D eigenvalue weighted by atomic mass is 10.1. The normalized spacial score (nSPS) is 10.9. The molecule has 18 heavy (non-hydrogen) atoms. The van der Waals surface area contributed by atoms with Crippen LogP contribution >= 0.6 is 38.9 Å². The molecular weight excluding hydrogens is 336 g/mol. The summed E-state index contributed by atoms with van der Waals surface area (Å²) in [4.78, 5) is 12.9. The molecule has 0 spiro atoms. The summed E-state index contributed by atoms with van der Waals surface area (Å²) < 4.78 is 2.65. The summed E-state index contributed by atoms with van der Waals surface area (Å²) in [7, 11) is 1.82. The molecule has 0 aliphatic rings. The molecule has 0 radical (unpaired) electrons.